The molecule has 0 bridgehead atoms. The second-order valence-corrected chi connectivity index (χ2v) is 8.91. The van der Waals surface area contributed by atoms with E-state index in [-0.39, 0.29) is 48.2 Å². The van der Waals surface area contributed by atoms with E-state index in [9.17, 15) is 4.79 Å². The molecule has 2 saturated heterocycles. The summed E-state index contributed by atoms with van der Waals surface area (Å²) in [4.78, 5) is 17.8. The molecule has 2 aliphatic heterocycles. The summed E-state index contributed by atoms with van der Waals surface area (Å²) in [6.45, 7) is 11.6. The van der Waals surface area contributed by atoms with Gasteiger partial charge in [0.15, 0.2) is 0 Å². The Hall–Kier alpha value is -0.0700. The zero-order chi connectivity index (χ0) is 17.7. The average Bonchev–Trinajstić information content (AvgIpc) is 2.59. The Morgan fingerprint density at radius 3 is 2.31 bits per heavy atom. The van der Waals surface area contributed by atoms with Crippen LogP contribution in [0.15, 0.2) is 0 Å². The van der Waals surface area contributed by atoms with Gasteiger partial charge in [0, 0.05) is 50.2 Å². The van der Waals surface area contributed by atoms with Crippen LogP contribution >= 0.6 is 24.8 Å². The second kappa shape index (κ2) is 8.52. The van der Waals surface area contributed by atoms with Gasteiger partial charge in [-0.3, -0.25) is 4.79 Å². The van der Waals surface area contributed by atoms with Crippen molar-refractivity contribution in [2.75, 3.05) is 26.7 Å². The lowest BCUT2D eigenvalue weighted by molar-refractivity contribution is -0.230. The van der Waals surface area contributed by atoms with Crippen molar-refractivity contribution in [2.24, 2.45) is 17.1 Å². The molecule has 7 heteroatoms. The Balaban J connectivity index is 0.00000169. The lowest BCUT2D eigenvalue weighted by atomic mass is 9.46. The highest BCUT2D eigenvalue weighted by atomic mass is 35.5. The van der Waals surface area contributed by atoms with Crippen molar-refractivity contribution in [3.05, 3.63) is 0 Å². The van der Waals surface area contributed by atoms with E-state index in [1.807, 2.05) is 11.9 Å². The fraction of sp³-hybridized carbons (Fsp3) is 0.947. The van der Waals surface area contributed by atoms with Crippen LogP contribution in [0.2, 0.25) is 0 Å². The standard InChI is InChI=1S/C19H35N3O2.2ClH/c1-13(2)22-10-8-14(9-11-22)21(5)17(23)19(20)15-7-6-12-24-16(15)18(19,3)4;;/h13-16H,6-12,20H2,1-5H3;2*1H. The smallest absolute Gasteiger partial charge is 0.243 e. The van der Waals surface area contributed by atoms with Crippen molar-refractivity contribution < 1.29 is 9.53 Å². The first-order valence-corrected chi connectivity index (χ1v) is 9.63. The number of hydrogen-bond acceptors (Lipinski definition) is 4. The molecule has 1 amide bonds. The Morgan fingerprint density at radius 2 is 1.77 bits per heavy atom. The quantitative estimate of drug-likeness (QED) is 0.777. The van der Waals surface area contributed by atoms with Crippen molar-refractivity contribution in [1.29, 1.82) is 0 Å². The molecule has 3 rings (SSSR count). The van der Waals surface area contributed by atoms with Gasteiger partial charge in [0.25, 0.3) is 0 Å². The third kappa shape index (κ3) is 3.50. The maximum absolute atomic E-state index is 13.4. The number of halogens is 2. The zero-order valence-corrected chi connectivity index (χ0v) is 18.5. The molecule has 5 nitrogen and oxygen atoms in total. The molecule has 0 aromatic carbocycles. The average molecular weight is 410 g/mol. The maximum Gasteiger partial charge on any atom is 0.243 e. The Morgan fingerprint density at radius 1 is 1.19 bits per heavy atom. The van der Waals surface area contributed by atoms with Crippen LogP contribution in [0.1, 0.15) is 53.4 Å². The molecular formula is C19H37Cl2N3O2. The van der Waals surface area contributed by atoms with Crippen molar-refractivity contribution in [1.82, 2.24) is 9.80 Å². The summed E-state index contributed by atoms with van der Waals surface area (Å²) in [5, 5.41) is 0. The minimum absolute atomic E-state index is 0. The first kappa shape index (κ1) is 24.0. The maximum atomic E-state index is 13.4. The normalized spacial score (nSPS) is 34.1. The summed E-state index contributed by atoms with van der Waals surface area (Å²) in [5.74, 6) is 0.300. The lowest BCUT2D eigenvalue weighted by Gasteiger charge is -2.66. The summed E-state index contributed by atoms with van der Waals surface area (Å²) < 4.78 is 5.95. The van der Waals surface area contributed by atoms with E-state index >= 15 is 0 Å². The third-order valence-electron chi connectivity index (χ3n) is 7.14. The van der Waals surface area contributed by atoms with Gasteiger partial charge in [-0.25, -0.2) is 0 Å². The van der Waals surface area contributed by atoms with Crippen LogP contribution in [-0.4, -0.2) is 66.2 Å². The van der Waals surface area contributed by atoms with E-state index in [1.54, 1.807) is 0 Å². The van der Waals surface area contributed by atoms with Gasteiger partial charge in [-0.15, -0.1) is 24.8 Å². The summed E-state index contributed by atoms with van der Waals surface area (Å²) in [7, 11) is 1.96. The second-order valence-electron chi connectivity index (χ2n) is 8.91. The van der Waals surface area contributed by atoms with Gasteiger partial charge >= 0.3 is 0 Å². The van der Waals surface area contributed by atoms with Crippen molar-refractivity contribution in [3.8, 4) is 0 Å². The van der Waals surface area contributed by atoms with Crippen LogP contribution in [-0.2, 0) is 9.53 Å². The SMILES string of the molecule is CC(C)N1CCC(N(C)C(=O)C2(N)C3CCCOC3C2(C)C)CC1.Cl.Cl. The number of nitrogens with zero attached hydrogens (tertiary/aromatic N) is 2. The number of amides is 1. The summed E-state index contributed by atoms with van der Waals surface area (Å²) >= 11 is 0. The Labute approximate surface area is 171 Å². The fourth-order valence-corrected chi connectivity index (χ4v) is 5.26. The number of carbonyl (C=O) groups is 1. The van der Waals surface area contributed by atoms with Crippen molar-refractivity contribution >= 4 is 30.7 Å². The zero-order valence-electron chi connectivity index (χ0n) is 16.9. The predicted octanol–water partition coefficient (Wildman–Crippen LogP) is 2.69. The first-order valence-electron chi connectivity index (χ1n) is 9.63. The number of likely N-dealkylation sites (tertiary alicyclic amines) is 1. The molecule has 1 aliphatic carbocycles. The Kier molecular flexibility index (Phi) is 7.86. The van der Waals surface area contributed by atoms with Gasteiger partial charge in [0.1, 0.15) is 5.54 Å². The summed E-state index contributed by atoms with van der Waals surface area (Å²) in [6.07, 6.45) is 4.25. The number of hydrogen-bond donors (Lipinski definition) is 1. The molecule has 0 aromatic rings. The van der Waals surface area contributed by atoms with Gasteiger partial charge in [-0.05, 0) is 39.5 Å². The van der Waals surface area contributed by atoms with E-state index in [1.165, 1.54) is 0 Å². The third-order valence-corrected chi connectivity index (χ3v) is 7.14. The minimum atomic E-state index is -0.776. The molecule has 0 spiro atoms. The van der Waals surface area contributed by atoms with E-state index in [2.05, 4.69) is 32.6 Å². The number of carbonyl (C=O) groups excluding carboxylic acids is 1. The highest BCUT2D eigenvalue weighted by molar-refractivity contribution is 5.89. The molecule has 3 atom stereocenters. The van der Waals surface area contributed by atoms with Gasteiger partial charge in [-0.1, -0.05) is 13.8 Å². The van der Waals surface area contributed by atoms with Gasteiger partial charge in [-0.2, -0.15) is 0 Å². The molecule has 1 saturated carbocycles. The van der Waals surface area contributed by atoms with E-state index < -0.39 is 5.54 Å². The van der Waals surface area contributed by atoms with Gasteiger partial charge in [0.2, 0.25) is 5.91 Å². The predicted molar refractivity (Wildman–Crippen MR) is 110 cm³/mol. The molecule has 2 N–H and O–H groups in total. The highest BCUT2D eigenvalue weighted by Gasteiger charge is 2.70. The number of nitrogens with two attached hydrogens (primary N) is 1. The van der Waals surface area contributed by atoms with Crippen LogP contribution < -0.4 is 5.73 Å². The number of ether oxygens (including phenoxy) is 1. The number of likely N-dealkylation sites (N-methyl/N-ethyl adjacent to an activating group) is 1. The number of piperidine rings is 1. The van der Waals surface area contributed by atoms with Crippen LogP contribution in [0.4, 0.5) is 0 Å². The molecule has 0 radical (unpaired) electrons. The van der Waals surface area contributed by atoms with Crippen LogP contribution in [0.5, 0.6) is 0 Å². The minimum Gasteiger partial charge on any atom is -0.377 e. The monoisotopic (exact) mass is 409 g/mol. The molecular weight excluding hydrogens is 373 g/mol. The van der Waals surface area contributed by atoms with E-state index in [0.29, 0.717) is 12.1 Å². The molecule has 3 fully saturated rings. The molecule has 3 aliphatic rings. The van der Waals surface area contributed by atoms with Gasteiger partial charge in [0.05, 0.1) is 6.10 Å². The number of rotatable bonds is 3. The van der Waals surface area contributed by atoms with Crippen molar-refractivity contribution in [2.45, 2.75) is 77.1 Å². The summed E-state index contributed by atoms with van der Waals surface area (Å²) in [5.41, 5.74) is 5.71. The Bertz CT molecular complexity index is 495. The lowest BCUT2D eigenvalue weighted by Crippen LogP contribution is -2.82. The van der Waals surface area contributed by atoms with Crippen molar-refractivity contribution in [3.63, 3.8) is 0 Å². The first-order chi connectivity index (χ1) is 11.2. The topological polar surface area (TPSA) is 58.8 Å². The number of fused-ring (bicyclic) bond motifs is 1. The molecule has 2 heterocycles. The van der Waals surface area contributed by atoms with Crippen LogP contribution in [0.3, 0.4) is 0 Å². The van der Waals surface area contributed by atoms with Crippen LogP contribution in [0, 0.1) is 11.3 Å². The fourth-order valence-electron chi connectivity index (χ4n) is 5.26. The van der Waals surface area contributed by atoms with Crippen LogP contribution in [0.25, 0.3) is 0 Å². The summed E-state index contributed by atoms with van der Waals surface area (Å²) in [6, 6.07) is 0.894. The van der Waals surface area contributed by atoms with E-state index in [4.69, 9.17) is 10.5 Å². The molecule has 3 unspecified atom stereocenters. The molecule has 26 heavy (non-hydrogen) atoms. The largest absolute Gasteiger partial charge is 0.377 e. The molecule has 0 aromatic heterocycles. The molecule has 154 valence electrons. The highest BCUT2D eigenvalue weighted by Crippen LogP contribution is 2.58. The van der Waals surface area contributed by atoms with Gasteiger partial charge < -0.3 is 20.3 Å². The van der Waals surface area contributed by atoms with E-state index in [0.717, 1.165) is 45.4 Å².